The lowest BCUT2D eigenvalue weighted by Gasteiger charge is -2.00. The van der Waals surface area contributed by atoms with E-state index >= 15 is 0 Å². The highest BCUT2D eigenvalue weighted by molar-refractivity contribution is 6.31. The third-order valence-electron chi connectivity index (χ3n) is 2.10. The third kappa shape index (κ3) is 2.10. The lowest BCUT2D eigenvalue weighted by Crippen LogP contribution is -2.19. The highest BCUT2D eigenvalue weighted by atomic mass is 35.5. The zero-order valence-corrected chi connectivity index (χ0v) is 8.44. The molecule has 4 nitrogen and oxygen atoms in total. The molecule has 15 heavy (non-hydrogen) atoms. The summed E-state index contributed by atoms with van der Waals surface area (Å²) in [4.78, 5) is 15.4. The van der Waals surface area contributed by atoms with Crippen molar-refractivity contribution < 1.29 is 14.7 Å². The van der Waals surface area contributed by atoms with E-state index in [1.54, 1.807) is 18.2 Å². The van der Waals surface area contributed by atoms with Gasteiger partial charge < -0.3 is 9.94 Å². The number of benzene rings is 1. The molecule has 78 valence electrons. The van der Waals surface area contributed by atoms with Crippen molar-refractivity contribution in [2.45, 2.75) is 12.5 Å². The van der Waals surface area contributed by atoms with Crippen LogP contribution in [-0.4, -0.2) is 22.9 Å². The van der Waals surface area contributed by atoms with Gasteiger partial charge in [-0.15, -0.1) is 0 Å². The van der Waals surface area contributed by atoms with Crippen LogP contribution in [-0.2, 0) is 9.63 Å². The Labute approximate surface area is 91.1 Å². The Balaban J connectivity index is 2.17. The van der Waals surface area contributed by atoms with E-state index < -0.39 is 12.1 Å². The van der Waals surface area contributed by atoms with Crippen LogP contribution >= 0.6 is 11.6 Å². The molecular weight excluding hydrogens is 218 g/mol. The average Bonchev–Trinajstić information content (AvgIpc) is 2.66. The Bertz CT molecular complexity index is 430. The van der Waals surface area contributed by atoms with Crippen LogP contribution in [0.15, 0.2) is 29.4 Å². The van der Waals surface area contributed by atoms with Crippen molar-refractivity contribution in [3.63, 3.8) is 0 Å². The zero-order valence-electron chi connectivity index (χ0n) is 7.68. The van der Waals surface area contributed by atoms with Crippen molar-refractivity contribution >= 4 is 23.3 Å². The predicted molar refractivity (Wildman–Crippen MR) is 55.1 cm³/mol. The first kappa shape index (κ1) is 9.98. The van der Waals surface area contributed by atoms with E-state index in [0.717, 1.165) is 5.56 Å². The fourth-order valence-corrected chi connectivity index (χ4v) is 1.54. The first-order valence-electron chi connectivity index (χ1n) is 4.38. The fraction of sp³-hybridized carbons (Fsp3) is 0.200. The summed E-state index contributed by atoms with van der Waals surface area (Å²) in [5, 5.41) is 13.0. The largest absolute Gasteiger partial charge is 0.478 e. The molecular formula is C10H8ClNO3. The van der Waals surface area contributed by atoms with E-state index in [4.69, 9.17) is 21.5 Å². The Kier molecular flexibility index (Phi) is 2.60. The topological polar surface area (TPSA) is 58.9 Å². The van der Waals surface area contributed by atoms with E-state index in [0.29, 0.717) is 10.7 Å². The Morgan fingerprint density at radius 3 is 3.00 bits per heavy atom. The smallest absolute Gasteiger partial charge is 0.348 e. The van der Waals surface area contributed by atoms with Crippen LogP contribution in [0.4, 0.5) is 0 Å². The number of aliphatic carboxylic acids is 1. The molecule has 2 rings (SSSR count). The average molecular weight is 226 g/mol. The summed E-state index contributed by atoms with van der Waals surface area (Å²) in [6.45, 7) is 0. The van der Waals surface area contributed by atoms with E-state index in [2.05, 4.69) is 5.16 Å². The van der Waals surface area contributed by atoms with Gasteiger partial charge in [-0.05, 0) is 12.1 Å². The van der Waals surface area contributed by atoms with E-state index in [1.165, 1.54) is 0 Å². The van der Waals surface area contributed by atoms with Crippen LogP contribution in [0.25, 0.3) is 0 Å². The van der Waals surface area contributed by atoms with Gasteiger partial charge in [0.15, 0.2) is 0 Å². The molecule has 0 spiro atoms. The summed E-state index contributed by atoms with van der Waals surface area (Å²) >= 11 is 5.81. The molecule has 0 amide bonds. The van der Waals surface area contributed by atoms with Gasteiger partial charge in [0.25, 0.3) is 0 Å². The molecule has 1 aliphatic rings. The van der Waals surface area contributed by atoms with Crippen LogP contribution in [0.3, 0.4) is 0 Å². The van der Waals surface area contributed by atoms with Gasteiger partial charge >= 0.3 is 5.97 Å². The maximum absolute atomic E-state index is 10.6. The normalized spacial score (nSPS) is 19.5. The lowest BCUT2D eigenvalue weighted by atomic mass is 10.1. The van der Waals surface area contributed by atoms with Gasteiger partial charge in [-0.3, -0.25) is 0 Å². The van der Waals surface area contributed by atoms with Gasteiger partial charge in [0.1, 0.15) is 0 Å². The summed E-state index contributed by atoms with van der Waals surface area (Å²) < 4.78 is 0. The number of hydrogen-bond donors (Lipinski definition) is 1. The van der Waals surface area contributed by atoms with Gasteiger partial charge in [0.05, 0.1) is 5.71 Å². The molecule has 1 heterocycles. The minimum Gasteiger partial charge on any atom is -0.478 e. The quantitative estimate of drug-likeness (QED) is 0.837. The number of hydrogen-bond acceptors (Lipinski definition) is 3. The minimum absolute atomic E-state index is 0.273. The standard InChI is InChI=1S/C10H8ClNO3/c11-7-3-1-2-6(4-7)8-5-9(10(13)14)15-12-8/h1-4,9H,5H2,(H,13,14)/t9-/m1/s1. The first-order chi connectivity index (χ1) is 7.16. The first-order valence-corrected chi connectivity index (χ1v) is 4.76. The Morgan fingerprint density at radius 1 is 1.60 bits per heavy atom. The second-order valence-electron chi connectivity index (χ2n) is 3.18. The van der Waals surface area contributed by atoms with E-state index in [9.17, 15) is 4.79 Å². The molecule has 1 aliphatic heterocycles. The van der Waals surface area contributed by atoms with Crippen molar-refractivity contribution in [1.29, 1.82) is 0 Å². The number of nitrogens with zero attached hydrogens (tertiary/aromatic N) is 1. The van der Waals surface area contributed by atoms with E-state index in [1.807, 2.05) is 6.07 Å². The molecule has 0 aliphatic carbocycles. The minimum atomic E-state index is -1.00. The highest BCUT2D eigenvalue weighted by Gasteiger charge is 2.28. The van der Waals surface area contributed by atoms with Crippen molar-refractivity contribution in [3.05, 3.63) is 34.9 Å². The zero-order chi connectivity index (χ0) is 10.8. The lowest BCUT2D eigenvalue weighted by molar-refractivity contribution is -0.148. The number of carboxylic acid groups (broad SMARTS) is 1. The molecule has 0 saturated heterocycles. The second-order valence-corrected chi connectivity index (χ2v) is 3.62. The van der Waals surface area contributed by atoms with Gasteiger partial charge in [0, 0.05) is 17.0 Å². The van der Waals surface area contributed by atoms with Crippen molar-refractivity contribution in [3.8, 4) is 0 Å². The summed E-state index contributed by atoms with van der Waals surface area (Å²) in [7, 11) is 0. The molecule has 0 saturated carbocycles. The molecule has 0 aromatic heterocycles. The maximum Gasteiger partial charge on any atom is 0.348 e. The summed E-state index contributed by atoms with van der Waals surface area (Å²) in [6, 6.07) is 7.08. The van der Waals surface area contributed by atoms with Gasteiger partial charge in [-0.25, -0.2) is 4.79 Å². The summed E-state index contributed by atoms with van der Waals surface area (Å²) in [5.41, 5.74) is 1.41. The molecule has 1 atom stereocenters. The van der Waals surface area contributed by atoms with Crippen LogP contribution < -0.4 is 0 Å². The molecule has 0 fully saturated rings. The van der Waals surface area contributed by atoms with Gasteiger partial charge in [-0.2, -0.15) is 0 Å². The van der Waals surface area contributed by atoms with Gasteiger partial charge in [-0.1, -0.05) is 28.9 Å². The summed E-state index contributed by atoms with van der Waals surface area (Å²) in [5.74, 6) is -1.00. The molecule has 1 aromatic rings. The van der Waals surface area contributed by atoms with Crippen LogP contribution in [0.2, 0.25) is 5.02 Å². The number of halogens is 1. The van der Waals surface area contributed by atoms with E-state index in [-0.39, 0.29) is 6.42 Å². The van der Waals surface area contributed by atoms with Crippen molar-refractivity contribution in [1.82, 2.24) is 0 Å². The monoisotopic (exact) mass is 225 g/mol. The number of carboxylic acids is 1. The molecule has 0 bridgehead atoms. The summed E-state index contributed by atoms with van der Waals surface area (Å²) in [6.07, 6.45) is -0.602. The molecule has 1 aromatic carbocycles. The fourth-order valence-electron chi connectivity index (χ4n) is 1.35. The van der Waals surface area contributed by atoms with Crippen molar-refractivity contribution in [2.75, 3.05) is 0 Å². The molecule has 0 radical (unpaired) electrons. The number of oxime groups is 1. The molecule has 1 N–H and O–H groups in total. The van der Waals surface area contributed by atoms with Gasteiger partial charge in [0.2, 0.25) is 6.10 Å². The maximum atomic E-state index is 10.6. The second kappa shape index (κ2) is 3.90. The SMILES string of the molecule is O=C(O)[C@H]1CC(c2cccc(Cl)c2)=NO1. The predicted octanol–water partition coefficient (Wildman–Crippen LogP) is 1.92. The Morgan fingerprint density at radius 2 is 2.40 bits per heavy atom. The number of rotatable bonds is 2. The highest BCUT2D eigenvalue weighted by Crippen LogP contribution is 2.19. The van der Waals surface area contributed by atoms with Crippen LogP contribution in [0.5, 0.6) is 0 Å². The van der Waals surface area contributed by atoms with Crippen LogP contribution in [0, 0.1) is 0 Å². The third-order valence-corrected chi connectivity index (χ3v) is 2.34. The van der Waals surface area contributed by atoms with Crippen molar-refractivity contribution in [2.24, 2.45) is 5.16 Å². The van der Waals surface area contributed by atoms with Crippen LogP contribution in [0.1, 0.15) is 12.0 Å². The molecule has 0 unspecified atom stereocenters. The number of carbonyl (C=O) groups is 1. The molecule has 5 heteroatoms. The Hall–Kier alpha value is -1.55.